The first-order chi connectivity index (χ1) is 12.8. The van der Waals surface area contributed by atoms with Crippen molar-refractivity contribution in [1.82, 2.24) is 8.97 Å². The lowest BCUT2D eigenvalue weighted by atomic mass is 10.1. The monoisotopic (exact) mass is 384 g/mol. The summed E-state index contributed by atoms with van der Waals surface area (Å²) >= 11 is 6.02. The number of fused-ring (bicyclic) bond motifs is 1. The highest BCUT2D eigenvalue weighted by Gasteiger charge is 2.15. The molecule has 3 aromatic rings. The second-order valence-corrected chi connectivity index (χ2v) is 7.14. The number of aryl methyl sites for hydroxylation is 1. The highest BCUT2D eigenvalue weighted by Crippen LogP contribution is 2.15. The van der Waals surface area contributed by atoms with Crippen LogP contribution < -0.4 is 11.0 Å². The molecule has 0 aliphatic rings. The number of halogens is 1. The molecule has 0 amide bonds. The summed E-state index contributed by atoms with van der Waals surface area (Å²) in [5.74, 6) is 0.301. The van der Waals surface area contributed by atoms with Gasteiger partial charge in [0.25, 0.3) is 5.56 Å². The van der Waals surface area contributed by atoms with E-state index in [4.69, 9.17) is 16.3 Å². The molecule has 0 bridgehead atoms. The lowest BCUT2D eigenvalue weighted by Gasteiger charge is -2.15. The van der Waals surface area contributed by atoms with Gasteiger partial charge in [-0.25, -0.2) is 0 Å². The van der Waals surface area contributed by atoms with Crippen molar-refractivity contribution in [3.8, 4) is 0 Å². The van der Waals surface area contributed by atoms with Crippen molar-refractivity contribution >= 4 is 22.9 Å². The van der Waals surface area contributed by atoms with E-state index in [0.29, 0.717) is 34.0 Å². The molecule has 0 saturated heterocycles. The van der Waals surface area contributed by atoms with Crippen LogP contribution in [-0.2, 0) is 11.3 Å². The molecule has 0 atom stereocenters. The molecule has 0 saturated carbocycles. The maximum atomic E-state index is 13.0. The molecule has 2 aromatic heterocycles. The smallest absolute Gasteiger partial charge is 0.275 e. The first-order valence-electron chi connectivity index (χ1n) is 8.63. The van der Waals surface area contributed by atoms with E-state index in [1.54, 1.807) is 40.5 Å². The van der Waals surface area contributed by atoms with Crippen LogP contribution in [0, 0.1) is 6.92 Å². The number of ether oxygens (including phenoxy) is 1. The molecule has 0 spiro atoms. The Morgan fingerprint density at radius 3 is 2.67 bits per heavy atom. The van der Waals surface area contributed by atoms with Crippen molar-refractivity contribution in [3.63, 3.8) is 0 Å². The maximum absolute atomic E-state index is 13.0. The Hall–Kier alpha value is -2.79. The van der Waals surface area contributed by atoms with E-state index in [2.05, 4.69) is 6.58 Å². The molecule has 3 rings (SSSR count). The number of rotatable bonds is 5. The Bertz CT molecular complexity index is 1140. The summed E-state index contributed by atoms with van der Waals surface area (Å²) < 4.78 is 8.77. The largest absolute Gasteiger partial charge is 0.491 e. The number of nitrogens with zero attached hydrogens (tertiary/aromatic N) is 2. The molecule has 0 N–H and O–H groups in total. The van der Waals surface area contributed by atoms with Gasteiger partial charge in [-0.15, -0.1) is 0 Å². The molecule has 140 valence electrons. The van der Waals surface area contributed by atoms with E-state index < -0.39 is 0 Å². The average Bonchev–Trinajstić information content (AvgIpc) is 2.59. The Morgan fingerprint density at radius 2 is 2.00 bits per heavy atom. The second-order valence-electron chi connectivity index (χ2n) is 6.70. The molecule has 0 radical (unpaired) electrons. The van der Waals surface area contributed by atoms with Gasteiger partial charge in [-0.3, -0.25) is 9.59 Å². The molecule has 0 aliphatic heterocycles. The molecule has 1 aromatic carbocycles. The second kappa shape index (κ2) is 7.45. The van der Waals surface area contributed by atoms with Gasteiger partial charge in [-0.05, 0) is 38.5 Å². The van der Waals surface area contributed by atoms with Gasteiger partial charge in [0.15, 0.2) is 5.43 Å². The maximum Gasteiger partial charge on any atom is 0.275 e. The first-order valence-corrected chi connectivity index (χ1v) is 9.01. The molecule has 5 nitrogen and oxygen atoms in total. The van der Waals surface area contributed by atoms with E-state index >= 15 is 0 Å². The highest BCUT2D eigenvalue weighted by molar-refractivity contribution is 6.30. The topological polar surface area (TPSA) is 52.7 Å². The third-order valence-electron chi connectivity index (χ3n) is 4.26. The van der Waals surface area contributed by atoms with Gasteiger partial charge in [0.2, 0.25) is 0 Å². The van der Waals surface area contributed by atoms with Crippen LogP contribution in [0.3, 0.4) is 0 Å². The van der Waals surface area contributed by atoms with Crippen LogP contribution in [0.25, 0.3) is 11.3 Å². The number of pyridine rings is 1. The van der Waals surface area contributed by atoms with Crippen LogP contribution >= 0.6 is 11.6 Å². The summed E-state index contributed by atoms with van der Waals surface area (Å²) in [5.41, 5.74) is 1.47. The van der Waals surface area contributed by atoms with Crippen LogP contribution in [0.15, 0.2) is 59.0 Å². The van der Waals surface area contributed by atoms with Gasteiger partial charge in [-0.2, -0.15) is 0 Å². The van der Waals surface area contributed by atoms with E-state index in [1.165, 1.54) is 0 Å². The summed E-state index contributed by atoms with van der Waals surface area (Å²) in [5, 5.41) is 0.613. The number of benzene rings is 1. The fourth-order valence-corrected chi connectivity index (χ4v) is 3.23. The normalized spacial score (nSPS) is 11.1. The van der Waals surface area contributed by atoms with Gasteiger partial charge in [-0.1, -0.05) is 30.3 Å². The molecule has 6 heteroatoms. The molecule has 0 aliphatic carbocycles. The SMILES string of the molecule is C=C(OC(C)C)c1cn2ccn(Cc3cccc(Cl)c3)c(=O)c2c(C)c1=O. The van der Waals surface area contributed by atoms with Gasteiger partial charge in [0.05, 0.1) is 18.2 Å². The molecular weight excluding hydrogens is 364 g/mol. The fraction of sp³-hybridized carbons (Fsp3) is 0.238. The first kappa shape index (κ1) is 19.0. The average molecular weight is 385 g/mol. The Balaban J connectivity index is 2.11. The van der Waals surface area contributed by atoms with E-state index in [-0.39, 0.29) is 17.1 Å². The van der Waals surface area contributed by atoms with Crippen LogP contribution in [0.4, 0.5) is 0 Å². The Morgan fingerprint density at radius 1 is 1.26 bits per heavy atom. The lowest BCUT2D eigenvalue weighted by Crippen LogP contribution is -2.27. The molecule has 2 heterocycles. The van der Waals surface area contributed by atoms with Gasteiger partial charge in [0.1, 0.15) is 11.3 Å². The van der Waals surface area contributed by atoms with Crippen molar-refractivity contribution < 1.29 is 4.74 Å². The third-order valence-corrected chi connectivity index (χ3v) is 4.49. The van der Waals surface area contributed by atoms with Crippen LogP contribution in [0.5, 0.6) is 0 Å². The standard InChI is InChI=1S/C21H21ClN2O3/c1-13(2)27-15(4)18-12-23-8-9-24(11-16-6-5-7-17(22)10-16)21(26)19(23)14(3)20(18)25/h5-10,12-13H,4,11H2,1-3H3. The van der Waals surface area contributed by atoms with Crippen molar-refractivity contribution in [1.29, 1.82) is 0 Å². The molecule has 27 heavy (non-hydrogen) atoms. The van der Waals surface area contributed by atoms with E-state index in [9.17, 15) is 9.59 Å². The highest BCUT2D eigenvalue weighted by atomic mass is 35.5. The Kier molecular flexibility index (Phi) is 5.24. The summed E-state index contributed by atoms with van der Waals surface area (Å²) in [6, 6.07) is 7.34. The predicted molar refractivity (Wildman–Crippen MR) is 108 cm³/mol. The van der Waals surface area contributed by atoms with Crippen molar-refractivity contribution in [2.24, 2.45) is 0 Å². The van der Waals surface area contributed by atoms with Gasteiger partial charge in [0, 0.05) is 29.2 Å². The predicted octanol–water partition coefficient (Wildman–Crippen LogP) is 3.87. The minimum absolute atomic E-state index is 0.0939. The molecule has 0 fully saturated rings. The van der Waals surface area contributed by atoms with Crippen LogP contribution in [-0.4, -0.2) is 15.1 Å². The van der Waals surface area contributed by atoms with Gasteiger partial charge < -0.3 is 13.7 Å². The number of hydrogen-bond acceptors (Lipinski definition) is 3. The summed E-state index contributed by atoms with van der Waals surface area (Å²) in [6.07, 6.45) is 4.94. The van der Waals surface area contributed by atoms with E-state index in [1.807, 2.05) is 32.0 Å². The number of hydrogen-bond donors (Lipinski definition) is 0. The van der Waals surface area contributed by atoms with Crippen LogP contribution in [0.2, 0.25) is 5.02 Å². The van der Waals surface area contributed by atoms with Gasteiger partial charge >= 0.3 is 0 Å². The van der Waals surface area contributed by atoms with E-state index in [0.717, 1.165) is 5.56 Å². The van der Waals surface area contributed by atoms with Crippen molar-refractivity contribution in [2.75, 3.05) is 0 Å². The van der Waals surface area contributed by atoms with Crippen molar-refractivity contribution in [3.05, 3.63) is 91.7 Å². The minimum atomic E-state index is -0.252. The fourth-order valence-electron chi connectivity index (χ4n) is 3.01. The third kappa shape index (κ3) is 3.83. The summed E-state index contributed by atoms with van der Waals surface area (Å²) in [6.45, 7) is 9.60. The van der Waals surface area contributed by atoms with Crippen LogP contribution in [0.1, 0.15) is 30.5 Å². The molecule has 0 unspecified atom stereocenters. The quantitative estimate of drug-likeness (QED) is 0.627. The summed E-state index contributed by atoms with van der Waals surface area (Å²) in [7, 11) is 0. The minimum Gasteiger partial charge on any atom is -0.491 e. The lowest BCUT2D eigenvalue weighted by molar-refractivity contribution is 0.204. The zero-order valence-corrected chi connectivity index (χ0v) is 16.3. The Labute approximate surface area is 162 Å². The summed E-state index contributed by atoms with van der Waals surface area (Å²) in [4.78, 5) is 25.7. The zero-order valence-electron chi connectivity index (χ0n) is 15.5. The number of aromatic nitrogens is 2. The molecular formula is C21H21ClN2O3. The van der Waals surface area contributed by atoms with Crippen molar-refractivity contribution in [2.45, 2.75) is 33.4 Å². The zero-order chi connectivity index (χ0) is 19.7.